The molecule has 0 amide bonds. The highest BCUT2D eigenvalue weighted by Crippen LogP contribution is 2.33. The predicted octanol–water partition coefficient (Wildman–Crippen LogP) is 4.54. The van der Waals surface area contributed by atoms with Crippen LogP contribution in [-0.4, -0.2) is 27.2 Å². The number of hydrogen-bond donors (Lipinski definition) is 2. The van der Waals surface area contributed by atoms with E-state index in [1.807, 2.05) is 43.3 Å². The molecular weight excluding hydrogens is 322 g/mol. The fourth-order valence-corrected chi connectivity index (χ4v) is 3.18. The molecule has 0 aliphatic rings. The largest absolute Gasteiger partial charge is 0.496 e. The van der Waals surface area contributed by atoms with Gasteiger partial charge in [-0.1, -0.05) is 25.1 Å². The van der Waals surface area contributed by atoms with E-state index in [1.165, 1.54) is 11.9 Å². The summed E-state index contributed by atoms with van der Waals surface area (Å²) in [6.07, 6.45) is 0. The van der Waals surface area contributed by atoms with Crippen LogP contribution < -0.4 is 10.2 Å². The molecule has 0 aliphatic heterocycles. The lowest BCUT2D eigenvalue weighted by Crippen LogP contribution is -2.18. The van der Waals surface area contributed by atoms with Crippen LogP contribution in [0.2, 0.25) is 0 Å². The average Bonchev–Trinajstić information content (AvgIpc) is 2.93. The van der Waals surface area contributed by atoms with Crippen LogP contribution in [-0.2, 0) is 7.05 Å². The van der Waals surface area contributed by atoms with Gasteiger partial charge in [-0.2, -0.15) is 0 Å². The van der Waals surface area contributed by atoms with E-state index in [9.17, 15) is 5.21 Å². The molecule has 0 saturated heterocycles. The summed E-state index contributed by atoms with van der Waals surface area (Å²) >= 11 is 1.30. The van der Waals surface area contributed by atoms with Crippen LogP contribution in [0.4, 0.5) is 5.69 Å². The Kier molecular flexibility index (Phi) is 4.99. The molecule has 0 bridgehead atoms. The van der Waals surface area contributed by atoms with Gasteiger partial charge < -0.3 is 9.30 Å². The first-order valence-electron chi connectivity index (χ1n) is 7.75. The van der Waals surface area contributed by atoms with E-state index in [2.05, 4.69) is 29.2 Å². The molecule has 2 N–H and O–H groups in total. The molecule has 24 heavy (non-hydrogen) atoms. The average molecular weight is 343 g/mol. The zero-order valence-corrected chi connectivity index (χ0v) is 14.8. The van der Waals surface area contributed by atoms with Gasteiger partial charge in [0.15, 0.2) is 0 Å². The van der Waals surface area contributed by atoms with Crippen molar-refractivity contribution in [3.05, 3.63) is 48.5 Å². The van der Waals surface area contributed by atoms with Crippen LogP contribution in [0.1, 0.15) is 6.92 Å². The lowest BCUT2D eigenvalue weighted by molar-refractivity contribution is 0.0440. The van der Waals surface area contributed by atoms with Gasteiger partial charge in [-0.05, 0) is 52.4 Å². The van der Waals surface area contributed by atoms with Crippen LogP contribution in [0.15, 0.2) is 48.5 Å². The molecule has 1 heterocycles. The molecule has 0 fully saturated rings. The Morgan fingerprint density at radius 3 is 2.62 bits per heavy atom. The Morgan fingerprint density at radius 2 is 1.96 bits per heavy atom. The number of hydrazine groups is 1. The smallest absolute Gasteiger partial charge is 0.128 e. The van der Waals surface area contributed by atoms with Crippen LogP contribution in [0, 0.1) is 0 Å². The molecule has 2 aromatic carbocycles. The highest BCUT2D eigenvalue weighted by Gasteiger charge is 2.11. The Morgan fingerprint density at radius 1 is 1.21 bits per heavy atom. The van der Waals surface area contributed by atoms with Crippen LogP contribution in [0.25, 0.3) is 22.2 Å². The van der Waals surface area contributed by atoms with Gasteiger partial charge in [0.1, 0.15) is 5.75 Å². The van der Waals surface area contributed by atoms with Gasteiger partial charge in [-0.25, -0.2) is 0 Å². The van der Waals surface area contributed by atoms with E-state index in [0.717, 1.165) is 43.9 Å². The number of benzene rings is 2. The second-order valence-electron chi connectivity index (χ2n) is 5.36. The highest BCUT2D eigenvalue weighted by molar-refractivity contribution is 7.96. The van der Waals surface area contributed by atoms with Crippen LogP contribution in [0.3, 0.4) is 0 Å². The summed E-state index contributed by atoms with van der Waals surface area (Å²) in [6.45, 7) is 1.98. The van der Waals surface area contributed by atoms with Crippen molar-refractivity contribution >= 4 is 28.5 Å². The van der Waals surface area contributed by atoms with Crippen molar-refractivity contribution in [1.29, 1.82) is 0 Å². The van der Waals surface area contributed by atoms with Gasteiger partial charge in [0.25, 0.3) is 0 Å². The lowest BCUT2D eigenvalue weighted by atomic mass is 10.1. The first-order chi connectivity index (χ1) is 11.6. The fourth-order valence-electron chi connectivity index (χ4n) is 2.77. The summed E-state index contributed by atoms with van der Waals surface area (Å²) in [5.41, 5.74) is 7.09. The third-order valence-corrected chi connectivity index (χ3v) is 4.52. The van der Waals surface area contributed by atoms with E-state index in [-0.39, 0.29) is 0 Å². The van der Waals surface area contributed by atoms with Crippen LogP contribution >= 0.6 is 11.9 Å². The third-order valence-electron chi connectivity index (χ3n) is 3.92. The lowest BCUT2D eigenvalue weighted by Gasteiger charge is -2.15. The molecule has 0 atom stereocenters. The Hall–Kier alpha value is -2.15. The van der Waals surface area contributed by atoms with Crippen molar-refractivity contribution in [3.8, 4) is 17.0 Å². The summed E-state index contributed by atoms with van der Waals surface area (Å²) in [5.74, 6) is 1.67. The topological polar surface area (TPSA) is 49.7 Å². The number of aryl methyl sites for hydroxylation is 1. The van der Waals surface area contributed by atoms with Crippen molar-refractivity contribution in [2.45, 2.75) is 6.92 Å². The standard InChI is InChI=1S/C18H21N3O2S/c1-4-24-21(22)19-14-10-8-13(9-11-14)17-12-15-16(20(17)2)6-5-7-18(15)23-3/h5-12,19,22H,4H2,1-3H3. The predicted molar refractivity (Wildman–Crippen MR) is 100 cm³/mol. The zero-order valence-electron chi connectivity index (χ0n) is 14.0. The van der Waals surface area contributed by atoms with Crippen LogP contribution in [0.5, 0.6) is 5.75 Å². The number of ether oxygens (including phenoxy) is 1. The van der Waals surface area contributed by atoms with E-state index in [1.54, 1.807) is 7.11 Å². The van der Waals surface area contributed by atoms with Crippen molar-refractivity contribution < 1.29 is 9.94 Å². The Balaban J connectivity index is 1.92. The second kappa shape index (κ2) is 7.17. The van der Waals surface area contributed by atoms with E-state index in [0.29, 0.717) is 0 Å². The maximum atomic E-state index is 9.65. The molecule has 6 heteroatoms. The Bertz CT molecular complexity index is 830. The molecule has 0 aliphatic carbocycles. The van der Waals surface area contributed by atoms with Gasteiger partial charge >= 0.3 is 0 Å². The quantitative estimate of drug-likeness (QED) is 0.508. The summed E-state index contributed by atoms with van der Waals surface area (Å²) in [7, 11) is 3.74. The van der Waals surface area contributed by atoms with Crippen molar-refractivity contribution in [2.24, 2.45) is 7.05 Å². The summed E-state index contributed by atoms with van der Waals surface area (Å²) in [4.78, 5) is 0. The van der Waals surface area contributed by atoms with Crippen molar-refractivity contribution in [3.63, 3.8) is 0 Å². The number of hydrogen-bond acceptors (Lipinski definition) is 5. The molecule has 1 aromatic heterocycles. The third kappa shape index (κ3) is 3.21. The van der Waals surface area contributed by atoms with Gasteiger partial charge in [-0.15, -0.1) is 0 Å². The highest BCUT2D eigenvalue weighted by atomic mass is 32.2. The number of nitrogens with one attached hydrogen (secondary N) is 1. The second-order valence-corrected chi connectivity index (χ2v) is 6.54. The first kappa shape index (κ1) is 16.7. The van der Waals surface area contributed by atoms with Gasteiger partial charge in [0, 0.05) is 23.9 Å². The molecule has 0 saturated carbocycles. The first-order valence-corrected chi connectivity index (χ1v) is 8.69. The summed E-state index contributed by atoms with van der Waals surface area (Å²) in [5, 5.41) is 10.8. The minimum atomic E-state index is 0.791. The molecule has 3 aromatic rings. The SMILES string of the molecule is CCSN(O)Nc1ccc(-c2cc3c(OC)cccc3n2C)cc1. The molecule has 0 radical (unpaired) electrons. The maximum absolute atomic E-state index is 9.65. The van der Waals surface area contributed by atoms with Gasteiger partial charge in [-0.3, -0.25) is 10.6 Å². The number of nitrogens with zero attached hydrogens (tertiary/aromatic N) is 2. The normalized spacial score (nSPS) is 11.2. The number of anilines is 1. The number of fused-ring (bicyclic) bond motifs is 1. The van der Waals surface area contributed by atoms with Crippen molar-refractivity contribution in [2.75, 3.05) is 18.3 Å². The Labute approximate surface area is 145 Å². The minimum absolute atomic E-state index is 0.791. The molecular formula is C18H21N3O2S. The molecule has 0 spiro atoms. The molecule has 0 unspecified atom stereocenters. The molecule has 3 rings (SSSR count). The number of aromatic nitrogens is 1. The van der Waals surface area contributed by atoms with Crippen molar-refractivity contribution in [1.82, 2.24) is 9.14 Å². The summed E-state index contributed by atoms with van der Waals surface area (Å²) < 4.78 is 8.64. The minimum Gasteiger partial charge on any atom is -0.496 e. The molecule has 126 valence electrons. The van der Waals surface area contributed by atoms with E-state index < -0.39 is 0 Å². The fraction of sp³-hybridized carbons (Fsp3) is 0.222. The number of rotatable bonds is 6. The van der Waals surface area contributed by atoms with E-state index in [4.69, 9.17) is 4.74 Å². The number of methoxy groups -OCH3 is 1. The zero-order chi connectivity index (χ0) is 17.1. The maximum Gasteiger partial charge on any atom is 0.128 e. The van der Waals surface area contributed by atoms with Gasteiger partial charge in [0.2, 0.25) is 0 Å². The van der Waals surface area contributed by atoms with E-state index >= 15 is 0 Å². The van der Waals surface area contributed by atoms with Gasteiger partial charge in [0.05, 0.1) is 18.3 Å². The molecule has 5 nitrogen and oxygen atoms in total. The monoisotopic (exact) mass is 343 g/mol. The summed E-state index contributed by atoms with van der Waals surface area (Å²) in [6, 6.07) is 16.2.